The Balaban J connectivity index is 1.53. The van der Waals surface area contributed by atoms with E-state index in [-0.39, 0.29) is 10.8 Å². The Kier molecular flexibility index (Phi) is 5.28. The number of ether oxygens (including phenoxy) is 1. The predicted octanol–water partition coefficient (Wildman–Crippen LogP) is 4.93. The average Bonchev–Trinajstić information content (AvgIpc) is 3.21. The summed E-state index contributed by atoms with van der Waals surface area (Å²) >= 11 is 5.96. The van der Waals surface area contributed by atoms with Crippen LogP contribution in [0.3, 0.4) is 0 Å². The largest absolute Gasteiger partial charge is 0.360 e. The summed E-state index contributed by atoms with van der Waals surface area (Å²) in [6.07, 6.45) is 3.28. The Morgan fingerprint density at radius 2 is 2.07 bits per heavy atom. The Labute approximate surface area is 173 Å². The molecule has 0 aliphatic heterocycles. The first kappa shape index (κ1) is 19.8. The maximum Gasteiger partial charge on any atom is 0.243 e. The van der Waals surface area contributed by atoms with Gasteiger partial charge in [-0.3, -0.25) is 0 Å². The molecule has 1 N–H and O–H groups in total. The Hall–Kier alpha value is -2.49. The highest BCUT2D eigenvalue weighted by Crippen LogP contribution is 2.26. The quantitative estimate of drug-likeness (QED) is 0.331. The fourth-order valence-corrected chi connectivity index (χ4v) is 3.90. The highest BCUT2D eigenvalue weighted by Gasteiger charge is 2.14. The molecule has 0 saturated heterocycles. The van der Waals surface area contributed by atoms with E-state index in [4.69, 9.17) is 16.3 Å². The summed E-state index contributed by atoms with van der Waals surface area (Å²) in [6, 6.07) is 8.19. The van der Waals surface area contributed by atoms with Gasteiger partial charge in [0.05, 0.1) is 11.7 Å². The van der Waals surface area contributed by atoms with Crippen molar-refractivity contribution in [2.75, 3.05) is 11.9 Å². The maximum absolute atomic E-state index is 14.1. The Bertz CT molecular complexity index is 1170. The number of anilines is 2. The molecule has 4 rings (SSSR count). The van der Waals surface area contributed by atoms with Crippen LogP contribution < -0.4 is 5.32 Å². The molecule has 0 atom stereocenters. The van der Waals surface area contributed by atoms with Crippen LogP contribution in [0, 0.1) is 5.82 Å². The molecule has 152 valence electrons. The lowest BCUT2D eigenvalue weighted by Gasteiger charge is -2.15. The van der Waals surface area contributed by atoms with Crippen LogP contribution in [0.25, 0.3) is 16.4 Å². The number of aromatic nitrogens is 5. The molecule has 3 heterocycles. The number of rotatable bonds is 7. The minimum absolute atomic E-state index is 0.0277. The summed E-state index contributed by atoms with van der Waals surface area (Å²) in [4.78, 5) is 4.13. The van der Waals surface area contributed by atoms with Gasteiger partial charge in [-0.1, -0.05) is 19.6 Å². The molecule has 0 bridgehead atoms. The second-order valence-electron chi connectivity index (χ2n) is 8.08. The van der Waals surface area contributed by atoms with E-state index >= 15 is 0 Å². The summed E-state index contributed by atoms with van der Waals surface area (Å²) in [6.45, 7) is 8.13. The zero-order valence-corrected chi connectivity index (χ0v) is 18.2. The summed E-state index contributed by atoms with van der Waals surface area (Å²) in [5.41, 5.74) is 1.94. The molecule has 4 aromatic rings. The summed E-state index contributed by atoms with van der Waals surface area (Å²) in [5, 5.41) is 12.5. The van der Waals surface area contributed by atoms with Crippen molar-refractivity contribution in [3.8, 4) is 0 Å². The van der Waals surface area contributed by atoms with Crippen molar-refractivity contribution in [2.24, 2.45) is 0 Å². The van der Waals surface area contributed by atoms with Gasteiger partial charge in [-0.2, -0.15) is 10.1 Å². The number of halogens is 2. The van der Waals surface area contributed by atoms with E-state index in [1.165, 1.54) is 16.8 Å². The molecule has 29 heavy (non-hydrogen) atoms. The van der Waals surface area contributed by atoms with E-state index in [9.17, 15) is 4.39 Å². The first-order chi connectivity index (χ1) is 13.8. The van der Waals surface area contributed by atoms with Gasteiger partial charge < -0.3 is 10.1 Å². The van der Waals surface area contributed by atoms with Crippen LogP contribution in [0.2, 0.25) is 31.0 Å². The first-order valence-electron chi connectivity index (χ1n) is 9.31. The van der Waals surface area contributed by atoms with E-state index in [1.807, 2.05) is 22.9 Å². The fourth-order valence-electron chi connectivity index (χ4n) is 2.98. The van der Waals surface area contributed by atoms with Crippen LogP contribution >= 0.6 is 11.6 Å². The van der Waals surface area contributed by atoms with Crippen LogP contribution in [0.15, 0.2) is 36.7 Å². The molecule has 1 aromatic carbocycles. The van der Waals surface area contributed by atoms with Crippen molar-refractivity contribution < 1.29 is 9.13 Å². The Morgan fingerprint density at radius 3 is 2.86 bits per heavy atom. The molecule has 0 aliphatic rings. The van der Waals surface area contributed by atoms with Gasteiger partial charge in [0, 0.05) is 32.0 Å². The molecule has 7 nitrogen and oxygen atoms in total. The second-order valence-corrected chi connectivity index (χ2v) is 14.0. The van der Waals surface area contributed by atoms with Gasteiger partial charge >= 0.3 is 0 Å². The van der Waals surface area contributed by atoms with Gasteiger partial charge in [0.2, 0.25) is 5.28 Å². The molecule has 0 fully saturated rings. The van der Waals surface area contributed by atoms with Crippen LogP contribution in [0.1, 0.15) is 0 Å². The van der Waals surface area contributed by atoms with E-state index in [0.29, 0.717) is 12.5 Å². The number of fused-ring (bicyclic) bond motifs is 2. The van der Waals surface area contributed by atoms with Crippen LogP contribution in [-0.2, 0) is 11.5 Å². The Morgan fingerprint density at radius 1 is 1.24 bits per heavy atom. The first-order valence-corrected chi connectivity index (χ1v) is 13.4. The lowest BCUT2D eigenvalue weighted by Crippen LogP contribution is -2.22. The standard InChI is InChI=1S/C19H22ClFN6OSi/c1-29(2,3)9-8-28-12-27-16-5-4-14(10-13(16)11-22-27)23-18-17-15(21)6-7-26(17)25-19(20)24-18/h4-7,10-11H,8-9,12H2,1-3H3,(H,23,24,25). The number of nitrogens with zero attached hydrogens (tertiary/aromatic N) is 5. The molecule has 0 spiro atoms. The lowest BCUT2D eigenvalue weighted by molar-refractivity contribution is 0.0817. The zero-order chi connectivity index (χ0) is 20.6. The van der Waals surface area contributed by atoms with Crippen molar-refractivity contribution >= 4 is 47.6 Å². The normalized spacial score (nSPS) is 12.2. The van der Waals surface area contributed by atoms with E-state index < -0.39 is 13.9 Å². The number of hydrogen-bond acceptors (Lipinski definition) is 5. The SMILES string of the molecule is C[Si](C)(C)CCOCn1ncc2cc(Nc3nc(Cl)nn4ccc(F)c34)ccc21. The molecule has 0 aliphatic carbocycles. The lowest BCUT2D eigenvalue weighted by atomic mass is 10.2. The molecule has 0 radical (unpaired) electrons. The highest BCUT2D eigenvalue weighted by atomic mass is 35.5. The van der Waals surface area contributed by atoms with Crippen LogP contribution in [0.5, 0.6) is 0 Å². The molecule has 0 amide bonds. The van der Waals surface area contributed by atoms with E-state index in [2.05, 4.69) is 40.1 Å². The third kappa shape index (κ3) is 4.41. The van der Waals surface area contributed by atoms with Gasteiger partial charge in [0.25, 0.3) is 0 Å². The maximum atomic E-state index is 14.1. The summed E-state index contributed by atoms with van der Waals surface area (Å²) < 4.78 is 23.1. The van der Waals surface area contributed by atoms with Crippen LogP contribution in [0.4, 0.5) is 15.9 Å². The van der Waals surface area contributed by atoms with Crippen molar-refractivity contribution in [3.05, 3.63) is 47.8 Å². The third-order valence-electron chi connectivity index (χ3n) is 4.55. The van der Waals surface area contributed by atoms with Gasteiger partial charge in [-0.05, 0) is 41.9 Å². The van der Waals surface area contributed by atoms with Crippen molar-refractivity contribution in [1.29, 1.82) is 0 Å². The van der Waals surface area contributed by atoms with Crippen molar-refractivity contribution in [1.82, 2.24) is 24.4 Å². The molecular formula is C19H22ClFN6OSi. The van der Waals surface area contributed by atoms with Gasteiger partial charge in [-0.15, -0.1) is 5.10 Å². The fraction of sp³-hybridized carbons (Fsp3) is 0.316. The van der Waals surface area contributed by atoms with Crippen LogP contribution in [-0.4, -0.2) is 39.1 Å². The number of nitrogens with one attached hydrogen (secondary N) is 1. The molecule has 0 unspecified atom stereocenters. The smallest absolute Gasteiger partial charge is 0.243 e. The number of hydrogen-bond donors (Lipinski definition) is 1. The number of benzene rings is 1. The minimum Gasteiger partial charge on any atom is -0.360 e. The van der Waals surface area contributed by atoms with Gasteiger partial charge in [0.15, 0.2) is 11.6 Å². The predicted molar refractivity (Wildman–Crippen MR) is 115 cm³/mol. The molecule has 0 saturated carbocycles. The molecular weight excluding hydrogens is 411 g/mol. The summed E-state index contributed by atoms with van der Waals surface area (Å²) in [7, 11) is -1.11. The average molecular weight is 433 g/mol. The summed E-state index contributed by atoms with van der Waals surface area (Å²) in [5.74, 6) is -0.123. The monoisotopic (exact) mass is 432 g/mol. The van der Waals surface area contributed by atoms with Gasteiger partial charge in [-0.25, -0.2) is 13.6 Å². The van der Waals surface area contributed by atoms with E-state index in [0.717, 1.165) is 29.2 Å². The molecule has 3 aromatic heterocycles. The van der Waals surface area contributed by atoms with Crippen molar-refractivity contribution in [3.63, 3.8) is 0 Å². The topological polar surface area (TPSA) is 69.3 Å². The molecule has 10 heteroatoms. The minimum atomic E-state index is -1.11. The van der Waals surface area contributed by atoms with E-state index in [1.54, 1.807) is 6.20 Å². The van der Waals surface area contributed by atoms with Crippen molar-refractivity contribution in [2.45, 2.75) is 32.4 Å². The highest BCUT2D eigenvalue weighted by molar-refractivity contribution is 6.76. The third-order valence-corrected chi connectivity index (χ3v) is 6.41. The zero-order valence-electron chi connectivity index (χ0n) is 16.5. The second kappa shape index (κ2) is 7.73. The van der Waals surface area contributed by atoms with Gasteiger partial charge in [0.1, 0.15) is 12.2 Å².